The SMILES string of the molecule is O=C(NC1CC1)c1ccc(CNC(=O)C(c2ccccc2)c2ccccc2)cc1. The summed E-state index contributed by atoms with van der Waals surface area (Å²) in [5.41, 5.74) is 3.53. The van der Waals surface area contributed by atoms with Gasteiger partial charge in [0.25, 0.3) is 5.91 Å². The first-order valence-corrected chi connectivity index (χ1v) is 9.98. The van der Waals surface area contributed by atoms with Crippen molar-refractivity contribution in [3.05, 3.63) is 107 Å². The largest absolute Gasteiger partial charge is 0.351 e. The van der Waals surface area contributed by atoms with E-state index in [-0.39, 0.29) is 17.7 Å². The maximum absolute atomic E-state index is 13.0. The highest BCUT2D eigenvalue weighted by Crippen LogP contribution is 2.25. The first kappa shape index (κ1) is 18.9. The lowest BCUT2D eigenvalue weighted by atomic mass is 9.90. The van der Waals surface area contributed by atoms with Gasteiger partial charge < -0.3 is 10.6 Å². The van der Waals surface area contributed by atoms with E-state index >= 15 is 0 Å². The summed E-state index contributed by atoms with van der Waals surface area (Å²) in [6, 6.07) is 27.3. The van der Waals surface area contributed by atoms with Crippen LogP contribution in [0.25, 0.3) is 0 Å². The van der Waals surface area contributed by atoms with Gasteiger partial charge in [0, 0.05) is 18.2 Å². The van der Waals surface area contributed by atoms with Crippen LogP contribution in [-0.2, 0) is 11.3 Å². The van der Waals surface area contributed by atoms with Gasteiger partial charge in [0.1, 0.15) is 0 Å². The summed E-state index contributed by atoms with van der Waals surface area (Å²) in [6.07, 6.45) is 2.14. The van der Waals surface area contributed by atoms with Crippen molar-refractivity contribution in [2.24, 2.45) is 0 Å². The lowest BCUT2D eigenvalue weighted by Gasteiger charge is -2.18. The van der Waals surface area contributed by atoms with E-state index in [1.54, 1.807) is 0 Å². The van der Waals surface area contributed by atoms with Gasteiger partial charge in [-0.15, -0.1) is 0 Å². The van der Waals surface area contributed by atoms with Crippen LogP contribution in [0.2, 0.25) is 0 Å². The fourth-order valence-electron chi connectivity index (χ4n) is 3.35. The third kappa shape index (κ3) is 4.91. The second-order valence-electron chi connectivity index (χ2n) is 7.42. The Morgan fingerprint density at radius 2 is 1.34 bits per heavy atom. The number of amides is 2. The summed E-state index contributed by atoms with van der Waals surface area (Å²) in [7, 11) is 0. The summed E-state index contributed by atoms with van der Waals surface area (Å²) in [4.78, 5) is 25.1. The van der Waals surface area contributed by atoms with Gasteiger partial charge in [-0.2, -0.15) is 0 Å². The zero-order valence-corrected chi connectivity index (χ0v) is 16.2. The Balaban J connectivity index is 1.43. The molecule has 0 unspecified atom stereocenters. The number of carbonyl (C=O) groups excluding carboxylic acids is 2. The molecule has 0 bridgehead atoms. The molecule has 1 aliphatic rings. The first-order chi connectivity index (χ1) is 14.2. The summed E-state index contributed by atoms with van der Waals surface area (Å²) in [5, 5.41) is 6.03. The van der Waals surface area contributed by atoms with E-state index in [4.69, 9.17) is 0 Å². The van der Waals surface area contributed by atoms with Crippen molar-refractivity contribution in [3.8, 4) is 0 Å². The van der Waals surface area contributed by atoms with E-state index in [1.807, 2.05) is 84.9 Å². The van der Waals surface area contributed by atoms with Crippen LogP contribution in [-0.4, -0.2) is 17.9 Å². The molecule has 4 nitrogen and oxygen atoms in total. The third-order valence-electron chi connectivity index (χ3n) is 5.12. The van der Waals surface area contributed by atoms with Gasteiger partial charge >= 0.3 is 0 Å². The summed E-state index contributed by atoms with van der Waals surface area (Å²) in [5.74, 6) is -0.435. The number of carbonyl (C=O) groups is 2. The Morgan fingerprint density at radius 1 is 0.793 bits per heavy atom. The van der Waals surface area contributed by atoms with Gasteiger partial charge in [0.15, 0.2) is 0 Å². The Kier molecular flexibility index (Phi) is 5.71. The van der Waals surface area contributed by atoms with Crippen molar-refractivity contribution in [2.75, 3.05) is 0 Å². The topological polar surface area (TPSA) is 58.2 Å². The molecule has 0 aliphatic heterocycles. The smallest absolute Gasteiger partial charge is 0.251 e. The normalized spacial score (nSPS) is 13.1. The van der Waals surface area contributed by atoms with Crippen molar-refractivity contribution >= 4 is 11.8 Å². The van der Waals surface area contributed by atoms with Crippen LogP contribution < -0.4 is 10.6 Å². The monoisotopic (exact) mass is 384 g/mol. The summed E-state index contributed by atoms with van der Waals surface area (Å²) >= 11 is 0. The number of hydrogen-bond donors (Lipinski definition) is 2. The van der Waals surface area contributed by atoms with Crippen LogP contribution >= 0.6 is 0 Å². The van der Waals surface area contributed by atoms with E-state index in [2.05, 4.69) is 10.6 Å². The Morgan fingerprint density at radius 3 is 1.86 bits per heavy atom. The summed E-state index contributed by atoms with van der Waals surface area (Å²) in [6.45, 7) is 0.416. The van der Waals surface area contributed by atoms with Gasteiger partial charge in [-0.05, 0) is 41.7 Å². The molecule has 0 saturated heterocycles. The highest BCUT2D eigenvalue weighted by molar-refractivity contribution is 5.94. The molecule has 2 N–H and O–H groups in total. The molecular weight excluding hydrogens is 360 g/mol. The van der Waals surface area contributed by atoms with E-state index < -0.39 is 0 Å². The van der Waals surface area contributed by atoms with Crippen molar-refractivity contribution < 1.29 is 9.59 Å². The van der Waals surface area contributed by atoms with Gasteiger partial charge in [0.05, 0.1) is 5.92 Å². The quantitative estimate of drug-likeness (QED) is 0.646. The minimum absolute atomic E-state index is 0.0312. The highest BCUT2D eigenvalue weighted by atomic mass is 16.2. The van der Waals surface area contributed by atoms with Crippen LogP contribution in [0.5, 0.6) is 0 Å². The predicted octanol–water partition coefficient (Wildman–Crippen LogP) is 4.03. The van der Waals surface area contributed by atoms with Crippen molar-refractivity contribution in [2.45, 2.75) is 31.3 Å². The van der Waals surface area contributed by atoms with Crippen LogP contribution in [0.3, 0.4) is 0 Å². The minimum Gasteiger partial charge on any atom is -0.351 e. The molecule has 4 heteroatoms. The molecule has 3 aromatic carbocycles. The number of benzene rings is 3. The zero-order valence-electron chi connectivity index (χ0n) is 16.2. The summed E-state index contributed by atoms with van der Waals surface area (Å²) < 4.78 is 0. The van der Waals surface area contributed by atoms with Crippen molar-refractivity contribution in [3.63, 3.8) is 0 Å². The Hall–Kier alpha value is -3.40. The third-order valence-corrected chi connectivity index (χ3v) is 5.12. The second kappa shape index (κ2) is 8.74. The highest BCUT2D eigenvalue weighted by Gasteiger charge is 2.24. The average Bonchev–Trinajstić information content (AvgIpc) is 3.58. The number of nitrogens with one attached hydrogen (secondary N) is 2. The molecule has 4 rings (SSSR count). The Labute approximate surface area is 171 Å². The molecule has 3 aromatic rings. The molecule has 0 spiro atoms. The standard InChI is InChI=1S/C25H24N2O2/c28-24(27-22-15-16-22)21-13-11-18(12-14-21)17-26-25(29)23(19-7-3-1-4-8-19)20-9-5-2-6-10-20/h1-14,22-23H,15-17H2,(H,26,29)(H,27,28). The minimum atomic E-state index is -0.360. The average molecular weight is 384 g/mol. The van der Waals surface area contributed by atoms with Gasteiger partial charge in [-0.25, -0.2) is 0 Å². The lowest BCUT2D eigenvalue weighted by Crippen LogP contribution is -2.29. The molecule has 1 saturated carbocycles. The molecule has 0 aromatic heterocycles. The molecule has 146 valence electrons. The molecule has 0 atom stereocenters. The molecule has 1 aliphatic carbocycles. The molecule has 0 radical (unpaired) electrons. The molecular formula is C25H24N2O2. The molecule has 2 amide bonds. The molecule has 29 heavy (non-hydrogen) atoms. The maximum Gasteiger partial charge on any atom is 0.251 e. The van der Waals surface area contributed by atoms with Crippen LogP contribution in [0.15, 0.2) is 84.9 Å². The van der Waals surface area contributed by atoms with E-state index in [0.717, 1.165) is 29.5 Å². The molecule has 0 heterocycles. The number of rotatable bonds is 7. The van der Waals surface area contributed by atoms with Crippen LogP contribution in [0.4, 0.5) is 0 Å². The van der Waals surface area contributed by atoms with Gasteiger partial charge in [-0.1, -0.05) is 72.8 Å². The van der Waals surface area contributed by atoms with Gasteiger partial charge in [-0.3, -0.25) is 9.59 Å². The Bertz CT molecular complexity index is 925. The predicted molar refractivity (Wildman–Crippen MR) is 114 cm³/mol. The van der Waals surface area contributed by atoms with E-state index in [1.165, 1.54) is 0 Å². The van der Waals surface area contributed by atoms with E-state index in [0.29, 0.717) is 18.2 Å². The van der Waals surface area contributed by atoms with Crippen molar-refractivity contribution in [1.29, 1.82) is 0 Å². The first-order valence-electron chi connectivity index (χ1n) is 9.98. The zero-order chi connectivity index (χ0) is 20.1. The fraction of sp³-hybridized carbons (Fsp3) is 0.200. The van der Waals surface area contributed by atoms with Crippen LogP contribution in [0.1, 0.15) is 45.8 Å². The van der Waals surface area contributed by atoms with E-state index in [9.17, 15) is 9.59 Å². The maximum atomic E-state index is 13.0. The molecule has 1 fully saturated rings. The fourth-order valence-corrected chi connectivity index (χ4v) is 3.35. The lowest BCUT2D eigenvalue weighted by molar-refractivity contribution is -0.121. The number of hydrogen-bond acceptors (Lipinski definition) is 2. The van der Waals surface area contributed by atoms with Gasteiger partial charge in [0.2, 0.25) is 5.91 Å². The van der Waals surface area contributed by atoms with Crippen LogP contribution in [0, 0.1) is 0 Å². The second-order valence-corrected chi connectivity index (χ2v) is 7.42. The van der Waals surface area contributed by atoms with Crippen molar-refractivity contribution in [1.82, 2.24) is 10.6 Å².